The summed E-state index contributed by atoms with van der Waals surface area (Å²) in [5.74, 6) is -0.0286. The third-order valence-corrected chi connectivity index (χ3v) is 9.38. The number of thioether (sulfide) groups is 1. The summed E-state index contributed by atoms with van der Waals surface area (Å²) in [6, 6.07) is 3.48. The van der Waals surface area contributed by atoms with E-state index in [0.29, 0.717) is 21.5 Å². The number of aromatic nitrogens is 3. The van der Waals surface area contributed by atoms with Gasteiger partial charge in [-0.2, -0.15) is 0 Å². The van der Waals surface area contributed by atoms with Crippen molar-refractivity contribution in [3.63, 3.8) is 0 Å². The van der Waals surface area contributed by atoms with Gasteiger partial charge in [-0.3, -0.25) is 9.59 Å². The SMILES string of the molecule is CCOC(=O)c1c(NC(=O)[C@@H](C)Sc2nnc(CNC(=O)c3ccco3)n2C2CCCCC2)sc2c1CCC2. The number of nitrogens with one attached hydrogen (secondary N) is 2. The standard InChI is InChI=1S/C27H33N5O5S2/c1-3-36-26(35)22-18-11-7-13-20(18)39-25(22)29-23(33)16(2)38-27-31-30-21(32(27)17-9-5-4-6-10-17)15-28-24(34)19-12-8-14-37-19/h8,12,14,16-17H,3-7,9-11,13,15H2,1-2H3,(H,28,34)(H,29,33)/t16-/m1/s1. The average Bonchev–Trinajstić information content (AvgIpc) is 3.73. The number of ether oxygens (including phenoxy) is 1. The fraction of sp³-hybridized carbons (Fsp3) is 0.519. The van der Waals surface area contributed by atoms with Crippen LogP contribution in [-0.2, 0) is 28.9 Å². The van der Waals surface area contributed by atoms with Crippen LogP contribution in [0, 0.1) is 0 Å². The summed E-state index contributed by atoms with van der Waals surface area (Å²) < 4.78 is 12.6. The molecule has 1 saturated carbocycles. The van der Waals surface area contributed by atoms with Gasteiger partial charge >= 0.3 is 5.97 Å². The van der Waals surface area contributed by atoms with E-state index in [1.165, 1.54) is 35.8 Å². The number of hydrogen-bond acceptors (Lipinski definition) is 9. The van der Waals surface area contributed by atoms with Crippen LogP contribution < -0.4 is 10.6 Å². The number of rotatable bonds is 10. The van der Waals surface area contributed by atoms with Crippen LogP contribution in [0.25, 0.3) is 0 Å². The van der Waals surface area contributed by atoms with Gasteiger partial charge < -0.3 is 24.4 Å². The van der Waals surface area contributed by atoms with Crippen molar-refractivity contribution in [1.29, 1.82) is 0 Å². The van der Waals surface area contributed by atoms with Crippen molar-refractivity contribution in [2.24, 2.45) is 0 Å². The molecule has 39 heavy (non-hydrogen) atoms. The van der Waals surface area contributed by atoms with Crippen LogP contribution in [0.2, 0.25) is 0 Å². The largest absolute Gasteiger partial charge is 0.462 e. The highest BCUT2D eigenvalue weighted by molar-refractivity contribution is 8.00. The lowest BCUT2D eigenvalue weighted by Crippen LogP contribution is -2.27. The van der Waals surface area contributed by atoms with Gasteiger partial charge in [0.1, 0.15) is 5.00 Å². The number of carbonyl (C=O) groups excluding carboxylic acids is 3. The highest BCUT2D eigenvalue weighted by Crippen LogP contribution is 2.40. The van der Waals surface area contributed by atoms with Gasteiger partial charge in [-0.1, -0.05) is 31.0 Å². The summed E-state index contributed by atoms with van der Waals surface area (Å²) in [5, 5.41) is 15.4. The van der Waals surface area contributed by atoms with Crippen LogP contribution in [0.15, 0.2) is 28.0 Å². The Morgan fingerprint density at radius 2 is 2.03 bits per heavy atom. The summed E-state index contributed by atoms with van der Waals surface area (Å²) in [6.45, 7) is 4.09. The Balaban J connectivity index is 1.31. The molecule has 3 heterocycles. The summed E-state index contributed by atoms with van der Waals surface area (Å²) in [6.07, 6.45) is 9.61. The van der Waals surface area contributed by atoms with E-state index in [1.807, 2.05) is 6.92 Å². The molecule has 0 spiro atoms. The number of aryl methyl sites for hydroxylation is 1. The van der Waals surface area contributed by atoms with Crippen molar-refractivity contribution in [3.8, 4) is 0 Å². The predicted molar refractivity (Wildman–Crippen MR) is 148 cm³/mol. The normalized spacial score (nSPS) is 16.1. The first-order valence-electron chi connectivity index (χ1n) is 13.5. The lowest BCUT2D eigenvalue weighted by molar-refractivity contribution is -0.115. The van der Waals surface area contributed by atoms with E-state index < -0.39 is 5.25 Å². The first-order chi connectivity index (χ1) is 19.0. The monoisotopic (exact) mass is 571 g/mol. The maximum Gasteiger partial charge on any atom is 0.341 e. The molecule has 3 aromatic rings. The molecule has 3 aromatic heterocycles. The molecule has 0 bridgehead atoms. The van der Waals surface area contributed by atoms with E-state index in [1.54, 1.807) is 19.1 Å². The Labute approximate surface area is 235 Å². The summed E-state index contributed by atoms with van der Waals surface area (Å²) in [5.41, 5.74) is 1.51. The third-order valence-electron chi connectivity index (χ3n) is 7.12. The van der Waals surface area contributed by atoms with Crippen molar-refractivity contribution >= 4 is 45.9 Å². The molecule has 12 heteroatoms. The molecule has 0 aliphatic heterocycles. The number of esters is 1. The zero-order valence-corrected chi connectivity index (χ0v) is 23.8. The van der Waals surface area contributed by atoms with Crippen molar-refractivity contribution < 1.29 is 23.5 Å². The maximum absolute atomic E-state index is 13.3. The Kier molecular flexibility index (Phi) is 8.71. The number of fused-ring (bicyclic) bond motifs is 1. The van der Waals surface area contributed by atoms with Gasteiger partial charge in [0.25, 0.3) is 5.91 Å². The van der Waals surface area contributed by atoms with E-state index in [9.17, 15) is 14.4 Å². The van der Waals surface area contributed by atoms with E-state index in [4.69, 9.17) is 9.15 Å². The Morgan fingerprint density at radius 1 is 1.21 bits per heavy atom. The lowest BCUT2D eigenvalue weighted by atomic mass is 9.95. The minimum atomic E-state index is -0.492. The van der Waals surface area contributed by atoms with E-state index in [0.717, 1.165) is 55.4 Å². The number of hydrogen-bond donors (Lipinski definition) is 2. The molecule has 10 nitrogen and oxygen atoms in total. The predicted octanol–water partition coefficient (Wildman–Crippen LogP) is 5.15. The molecule has 1 fully saturated rings. The van der Waals surface area contributed by atoms with Crippen LogP contribution in [-0.4, -0.2) is 44.4 Å². The zero-order valence-electron chi connectivity index (χ0n) is 22.2. The van der Waals surface area contributed by atoms with Gasteiger partial charge in [0.05, 0.1) is 30.2 Å². The third kappa shape index (κ3) is 6.06. The molecule has 0 aromatic carbocycles. The number of thiophene rings is 1. The fourth-order valence-corrected chi connectivity index (χ4v) is 7.42. The topological polar surface area (TPSA) is 128 Å². The highest BCUT2D eigenvalue weighted by Gasteiger charge is 2.30. The first-order valence-corrected chi connectivity index (χ1v) is 15.2. The van der Waals surface area contributed by atoms with Crippen LogP contribution in [0.1, 0.15) is 95.6 Å². The van der Waals surface area contributed by atoms with Gasteiger partial charge in [-0.15, -0.1) is 21.5 Å². The van der Waals surface area contributed by atoms with Crippen molar-refractivity contribution in [1.82, 2.24) is 20.1 Å². The zero-order chi connectivity index (χ0) is 27.4. The lowest BCUT2D eigenvalue weighted by Gasteiger charge is -2.26. The molecule has 2 aliphatic rings. The quantitative estimate of drug-likeness (QED) is 0.253. The average molecular weight is 572 g/mol. The van der Waals surface area contributed by atoms with Gasteiger partial charge in [-0.25, -0.2) is 4.79 Å². The van der Waals surface area contributed by atoms with E-state index in [-0.39, 0.29) is 42.7 Å². The van der Waals surface area contributed by atoms with E-state index in [2.05, 4.69) is 25.4 Å². The minimum absolute atomic E-state index is 0.202. The van der Waals surface area contributed by atoms with Crippen LogP contribution in [0.5, 0.6) is 0 Å². The second-order valence-corrected chi connectivity index (χ2v) is 12.2. The first kappa shape index (κ1) is 27.4. The Hall–Kier alpha value is -3.12. The molecule has 0 saturated heterocycles. The number of amides is 2. The van der Waals surface area contributed by atoms with E-state index >= 15 is 0 Å². The van der Waals surface area contributed by atoms with Crippen LogP contribution in [0.4, 0.5) is 5.00 Å². The number of carbonyl (C=O) groups is 3. The number of anilines is 1. The maximum atomic E-state index is 13.3. The molecule has 2 aliphatic carbocycles. The summed E-state index contributed by atoms with van der Waals surface area (Å²) in [4.78, 5) is 39.6. The van der Waals surface area contributed by atoms with Crippen molar-refractivity contribution in [2.75, 3.05) is 11.9 Å². The highest BCUT2D eigenvalue weighted by atomic mass is 32.2. The molecule has 0 radical (unpaired) electrons. The van der Waals surface area contributed by atoms with Gasteiger partial charge in [0.2, 0.25) is 5.91 Å². The molecule has 2 amide bonds. The van der Waals surface area contributed by atoms with Crippen LogP contribution >= 0.6 is 23.1 Å². The van der Waals surface area contributed by atoms with Gasteiger partial charge in [0, 0.05) is 10.9 Å². The smallest absolute Gasteiger partial charge is 0.341 e. The summed E-state index contributed by atoms with van der Waals surface area (Å²) >= 11 is 2.80. The summed E-state index contributed by atoms with van der Waals surface area (Å²) in [7, 11) is 0. The molecule has 1 atom stereocenters. The number of nitrogens with zero attached hydrogens (tertiary/aromatic N) is 3. The van der Waals surface area contributed by atoms with Crippen molar-refractivity contribution in [3.05, 3.63) is 46.0 Å². The molecular weight excluding hydrogens is 538 g/mol. The Bertz CT molecular complexity index is 1330. The molecular formula is C27H33N5O5S2. The fourth-order valence-electron chi connectivity index (χ4n) is 5.21. The van der Waals surface area contributed by atoms with Crippen molar-refractivity contribution in [2.45, 2.75) is 88.2 Å². The van der Waals surface area contributed by atoms with Gasteiger partial charge in [0.15, 0.2) is 16.7 Å². The molecule has 2 N–H and O–H groups in total. The second kappa shape index (κ2) is 12.4. The Morgan fingerprint density at radius 3 is 2.77 bits per heavy atom. The molecule has 208 valence electrons. The van der Waals surface area contributed by atoms with Crippen LogP contribution in [0.3, 0.4) is 0 Å². The molecule has 0 unspecified atom stereocenters. The van der Waals surface area contributed by atoms with Gasteiger partial charge in [-0.05, 0) is 63.6 Å². The minimum Gasteiger partial charge on any atom is -0.462 e. The second-order valence-electron chi connectivity index (χ2n) is 9.75. The number of furan rings is 1. The molecule has 5 rings (SSSR count).